The van der Waals surface area contributed by atoms with Gasteiger partial charge in [-0.15, -0.1) is 11.3 Å². The average Bonchev–Trinajstić information content (AvgIpc) is 3.07. The first-order valence-corrected chi connectivity index (χ1v) is 7.37. The molecule has 21 heavy (non-hydrogen) atoms. The summed E-state index contributed by atoms with van der Waals surface area (Å²) in [6, 6.07) is 3.13. The lowest BCUT2D eigenvalue weighted by Crippen LogP contribution is -1.94. The summed E-state index contributed by atoms with van der Waals surface area (Å²) in [6.45, 7) is 0. The highest BCUT2D eigenvalue weighted by Gasteiger charge is 2.14. The Morgan fingerprint density at radius 1 is 1.33 bits per heavy atom. The fourth-order valence-corrected chi connectivity index (χ4v) is 3.12. The first-order chi connectivity index (χ1) is 10.0. The Labute approximate surface area is 133 Å². The van der Waals surface area contributed by atoms with Crippen LogP contribution in [0, 0.1) is 0 Å². The average molecular weight is 340 g/mol. The third kappa shape index (κ3) is 2.78. The summed E-state index contributed by atoms with van der Waals surface area (Å²) in [4.78, 5) is 22.1. The molecule has 0 fully saturated rings. The molecule has 0 spiro atoms. The zero-order valence-corrected chi connectivity index (χ0v) is 12.6. The van der Waals surface area contributed by atoms with E-state index in [0.717, 1.165) is 0 Å². The van der Waals surface area contributed by atoms with Crippen LogP contribution in [0.2, 0.25) is 10.0 Å². The number of rotatable bonds is 3. The van der Waals surface area contributed by atoms with Gasteiger partial charge in [-0.2, -0.15) is 0 Å². The Hall–Kier alpha value is -1.89. The molecule has 106 valence electrons. The molecular weight excluding hydrogens is 333 g/mol. The van der Waals surface area contributed by atoms with Crippen LogP contribution in [0.4, 0.5) is 0 Å². The van der Waals surface area contributed by atoms with Crippen LogP contribution >= 0.6 is 34.5 Å². The number of hydrogen-bond donors (Lipinski definition) is 2. The van der Waals surface area contributed by atoms with Gasteiger partial charge in [-0.3, -0.25) is 4.98 Å². The second-order valence-corrected chi connectivity index (χ2v) is 5.83. The van der Waals surface area contributed by atoms with Crippen LogP contribution in [0.15, 0.2) is 29.9 Å². The topological polar surface area (TPSA) is 78.9 Å². The number of nitrogens with one attached hydrogen (secondary N) is 1. The molecular formula is C13H7Cl2N3O2S. The van der Waals surface area contributed by atoms with Crippen molar-refractivity contribution in [3.05, 3.63) is 45.6 Å². The molecule has 0 amide bonds. The van der Waals surface area contributed by atoms with Gasteiger partial charge in [0.2, 0.25) is 0 Å². The van der Waals surface area contributed by atoms with Crippen LogP contribution in [0.25, 0.3) is 22.0 Å². The zero-order chi connectivity index (χ0) is 15.0. The monoisotopic (exact) mass is 339 g/mol. The van der Waals surface area contributed by atoms with E-state index in [0.29, 0.717) is 32.0 Å². The summed E-state index contributed by atoms with van der Waals surface area (Å²) in [6.07, 6.45) is 3.10. The van der Waals surface area contributed by atoms with Crippen LogP contribution in [-0.4, -0.2) is 26.0 Å². The molecule has 0 aromatic carbocycles. The van der Waals surface area contributed by atoms with Gasteiger partial charge in [0.15, 0.2) is 0 Å². The van der Waals surface area contributed by atoms with Crippen LogP contribution in [0.1, 0.15) is 10.5 Å². The number of carbonyl (C=O) groups is 1. The SMILES string of the molecule is O=C(O)c1cc(-c2csc(-c3ncc(Cl)cc3Cl)n2)c[nH]1. The molecule has 0 aliphatic heterocycles. The van der Waals surface area contributed by atoms with Crippen molar-refractivity contribution >= 4 is 40.5 Å². The number of hydrogen-bond acceptors (Lipinski definition) is 4. The molecule has 0 aliphatic rings. The third-order valence-electron chi connectivity index (χ3n) is 2.72. The highest BCUT2D eigenvalue weighted by molar-refractivity contribution is 7.13. The summed E-state index contributed by atoms with van der Waals surface area (Å²) in [7, 11) is 0. The van der Waals surface area contributed by atoms with E-state index in [9.17, 15) is 4.79 Å². The Balaban J connectivity index is 1.97. The van der Waals surface area contributed by atoms with E-state index in [4.69, 9.17) is 28.3 Å². The Kier molecular flexibility index (Phi) is 3.67. The summed E-state index contributed by atoms with van der Waals surface area (Å²) in [5.41, 5.74) is 2.01. The summed E-state index contributed by atoms with van der Waals surface area (Å²) in [5, 5.41) is 12.2. The number of halogens is 2. The minimum absolute atomic E-state index is 0.113. The maximum atomic E-state index is 10.9. The van der Waals surface area contributed by atoms with Crippen molar-refractivity contribution in [1.82, 2.24) is 15.0 Å². The van der Waals surface area contributed by atoms with Gasteiger partial charge < -0.3 is 10.1 Å². The number of aromatic nitrogens is 3. The van der Waals surface area contributed by atoms with Gasteiger partial charge in [0.1, 0.15) is 16.4 Å². The third-order valence-corrected chi connectivity index (χ3v) is 4.07. The van der Waals surface area contributed by atoms with Gasteiger partial charge in [0.05, 0.1) is 15.7 Å². The standard InChI is InChI=1S/C13H7Cl2N3O2S/c14-7-2-8(15)11(17-4-7)12-18-10(5-21-12)6-1-9(13(19)20)16-3-6/h1-5,16H,(H,19,20). The molecule has 5 nitrogen and oxygen atoms in total. The second-order valence-electron chi connectivity index (χ2n) is 4.13. The van der Waals surface area contributed by atoms with Crippen LogP contribution in [0.5, 0.6) is 0 Å². The molecule has 8 heteroatoms. The molecule has 0 unspecified atom stereocenters. The van der Waals surface area contributed by atoms with Gasteiger partial charge in [-0.05, 0) is 12.1 Å². The van der Waals surface area contributed by atoms with Crippen molar-refractivity contribution in [3.8, 4) is 22.0 Å². The smallest absolute Gasteiger partial charge is 0.352 e. The number of carboxylic acids is 1. The molecule has 0 saturated heterocycles. The molecule has 0 bridgehead atoms. The number of thiazole rings is 1. The number of carboxylic acid groups (broad SMARTS) is 1. The summed E-state index contributed by atoms with van der Waals surface area (Å²) < 4.78 is 0. The van der Waals surface area contributed by atoms with Crippen molar-refractivity contribution in [3.63, 3.8) is 0 Å². The van der Waals surface area contributed by atoms with Gasteiger partial charge in [-0.1, -0.05) is 23.2 Å². The molecule has 3 heterocycles. The van der Waals surface area contributed by atoms with E-state index in [-0.39, 0.29) is 5.69 Å². The van der Waals surface area contributed by atoms with Crippen molar-refractivity contribution in [1.29, 1.82) is 0 Å². The van der Waals surface area contributed by atoms with E-state index in [2.05, 4.69) is 15.0 Å². The highest BCUT2D eigenvalue weighted by Crippen LogP contribution is 2.32. The fourth-order valence-electron chi connectivity index (χ4n) is 1.75. The van der Waals surface area contributed by atoms with Crippen LogP contribution in [-0.2, 0) is 0 Å². The Morgan fingerprint density at radius 3 is 2.81 bits per heavy atom. The van der Waals surface area contributed by atoms with Gasteiger partial charge >= 0.3 is 5.97 Å². The highest BCUT2D eigenvalue weighted by atomic mass is 35.5. The predicted octanol–water partition coefficient (Wildman–Crippen LogP) is 4.21. The summed E-state index contributed by atoms with van der Waals surface area (Å²) in [5.74, 6) is -1.01. The molecule has 0 aliphatic carbocycles. The number of aromatic amines is 1. The van der Waals surface area contributed by atoms with Gasteiger partial charge in [0, 0.05) is 23.3 Å². The minimum atomic E-state index is -1.01. The van der Waals surface area contributed by atoms with Gasteiger partial charge in [0.25, 0.3) is 0 Å². The Morgan fingerprint density at radius 2 is 2.14 bits per heavy atom. The molecule has 0 saturated carbocycles. The van der Waals surface area contributed by atoms with Crippen molar-refractivity contribution in [2.24, 2.45) is 0 Å². The first-order valence-electron chi connectivity index (χ1n) is 5.73. The fraction of sp³-hybridized carbons (Fsp3) is 0. The minimum Gasteiger partial charge on any atom is -0.477 e. The van der Waals surface area contributed by atoms with E-state index in [1.807, 2.05) is 5.38 Å². The zero-order valence-electron chi connectivity index (χ0n) is 10.3. The maximum Gasteiger partial charge on any atom is 0.352 e. The van der Waals surface area contributed by atoms with Crippen molar-refractivity contribution < 1.29 is 9.90 Å². The normalized spacial score (nSPS) is 10.8. The van der Waals surface area contributed by atoms with Crippen LogP contribution < -0.4 is 0 Å². The number of H-pyrrole nitrogens is 1. The Bertz CT molecular complexity index is 828. The van der Waals surface area contributed by atoms with E-state index in [1.165, 1.54) is 23.6 Å². The lowest BCUT2D eigenvalue weighted by atomic mass is 10.2. The largest absolute Gasteiger partial charge is 0.477 e. The number of nitrogens with zero attached hydrogens (tertiary/aromatic N) is 2. The lowest BCUT2D eigenvalue weighted by Gasteiger charge is -1.99. The molecule has 2 N–H and O–H groups in total. The van der Waals surface area contributed by atoms with Gasteiger partial charge in [-0.25, -0.2) is 9.78 Å². The van der Waals surface area contributed by atoms with Crippen LogP contribution in [0.3, 0.4) is 0 Å². The number of aromatic carboxylic acids is 1. The second kappa shape index (κ2) is 5.48. The first kappa shape index (κ1) is 14.1. The van der Waals surface area contributed by atoms with Crippen molar-refractivity contribution in [2.75, 3.05) is 0 Å². The van der Waals surface area contributed by atoms with E-state index >= 15 is 0 Å². The quantitative estimate of drug-likeness (QED) is 0.749. The maximum absolute atomic E-state index is 10.9. The molecule has 3 aromatic rings. The lowest BCUT2D eigenvalue weighted by molar-refractivity contribution is 0.0691. The number of pyridine rings is 1. The molecule has 3 aromatic heterocycles. The molecule has 0 atom stereocenters. The molecule has 0 radical (unpaired) electrons. The predicted molar refractivity (Wildman–Crippen MR) is 82.1 cm³/mol. The van der Waals surface area contributed by atoms with E-state index < -0.39 is 5.97 Å². The molecule has 3 rings (SSSR count). The van der Waals surface area contributed by atoms with E-state index in [1.54, 1.807) is 12.3 Å². The van der Waals surface area contributed by atoms with Crippen molar-refractivity contribution in [2.45, 2.75) is 0 Å². The summed E-state index contributed by atoms with van der Waals surface area (Å²) >= 11 is 13.3.